The molecule has 1 saturated heterocycles. The Bertz CT molecular complexity index is 998. The number of hydrogen-bond donors (Lipinski definition) is 1. The lowest BCUT2D eigenvalue weighted by Crippen LogP contribution is -2.57. The van der Waals surface area contributed by atoms with Gasteiger partial charge in [-0.05, 0) is 44.9 Å². The van der Waals surface area contributed by atoms with Crippen LogP contribution in [0.25, 0.3) is 11.5 Å². The fourth-order valence-corrected chi connectivity index (χ4v) is 4.78. The van der Waals surface area contributed by atoms with E-state index in [9.17, 15) is 8.42 Å². The number of benzene rings is 1. The summed E-state index contributed by atoms with van der Waals surface area (Å²) in [5, 5.41) is 7.31. The third-order valence-corrected chi connectivity index (χ3v) is 7.74. The first-order valence-corrected chi connectivity index (χ1v) is 12.1. The molecule has 30 heavy (non-hydrogen) atoms. The zero-order valence-electron chi connectivity index (χ0n) is 18.2. The Morgan fingerprint density at radius 1 is 1.33 bits per heavy atom. The van der Waals surface area contributed by atoms with Crippen molar-refractivity contribution in [1.82, 2.24) is 20.4 Å². The van der Waals surface area contributed by atoms with Gasteiger partial charge >= 0.3 is 0 Å². The predicted molar refractivity (Wildman–Crippen MR) is 118 cm³/mol. The number of nitrogens with zero attached hydrogens (tertiary/aromatic N) is 4. The van der Waals surface area contributed by atoms with Gasteiger partial charge in [0, 0.05) is 31.6 Å². The van der Waals surface area contributed by atoms with E-state index < -0.39 is 14.6 Å². The van der Waals surface area contributed by atoms with E-state index in [-0.39, 0.29) is 5.75 Å². The second kappa shape index (κ2) is 9.16. The van der Waals surface area contributed by atoms with E-state index in [4.69, 9.17) is 9.52 Å². The second-order valence-electron chi connectivity index (χ2n) is 8.14. The largest absolute Gasteiger partial charge is 0.357 e. The van der Waals surface area contributed by atoms with Gasteiger partial charge in [0.2, 0.25) is 0 Å². The number of aliphatic imine (C=N–C) groups is 1. The first kappa shape index (κ1) is 22.3. The standard InChI is InChI=1S/C21H31N5O3S/c1-5-8-18-24-19(29-25-18)17-10-7-9-16(13-17)14-23-20(22-6-2)26-11-12-30(27,28)21(3,4)15-26/h7,9-10,13H,5-6,8,11-12,14-15H2,1-4H3,(H,22,23). The van der Waals surface area contributed by atoms with Crippen LogP contribution in [0.1, 0.15) is 45.5 Å². The number of sulfone groups is 1. The van der Waals surface area contributed by atoms with Gasteiger partial charge in [-0.2, -0.15) is 4.98 Å². The highest BCUT2D eigenvalue weighted by atomic mass is 32.2. The van der Waals surface area contributed by atoms with Crippen molar-refractivity contribution in [1.29, 1.82) is 0 Å². The molecule has 1 fully saturated rings. The van der Waals surface area contributed by atoms with Crippen LogP contribution in [-0.4, -0.2) is 59.6 Å². The Hall–Kier alpha value is -2.42. The maximum absolute atomic E-state index is 12.3. The molecule has 0 atom stereocenters. The molecule has 1 N–H and O–H groups in total. The van der Waals surface area contributed by atoms with Crippen LogP contribution >= 0.6 is 0 Å². The lowest BCUT2D eigenvalue weighted by Gasteiger charge is -2.39. The van der Waals surface area contributed by atoms with Crippen molar-refractivity contribution in [2.75, 3.05) is 25.4 Å². The van der Waals surface area contributed by atoms with E-state index in [1.165, 1.54) is 0 Å². The van der Waals surface area contributed by atoms with E-state index in [1.54, 1.807) is 13.8 Å². The van der Waals surface area contributed by atoms with Crippen LogP contribution in [0.15, 0.2) is 33.8 Å². The summed E-state index contributed by atoms with van der Waals surface area (Å²) in [5.74, 6) is 2.10. The van der Waals surface area contributed by atoms with Gasteiger partial charge in [-0.25, -0.2) is 13.4 Å². The second-order valence-corrected chi connectivity index (χ2v) is 10.9. The van der Waals surface area contributed by atoms with Gasteiger partial charge in [0.15, 0.2) is 21.6 Å². The molecule has 0 saturated carbocycles. The molecule has 0 unspecified atom stereocenters. The minimum absolute atomic E-state index is 0.136. The minimum atomic E-state index is -3.10. The molecule has 0 aliphatic carbocycles. The molecule has 3 rings (SSSR count). The fourth-order valence-electron chi connectivity index (χ4n) is 3.42. The summed E-state index contributed by atoms with van der Waals surface area (Å²) in [6, 6.07) is 7.90. The topological polar surface area (TPSA) is 101 Å². The molecule has 1 aliphatic heterocycles. The van der Waals surface area contributed by atoms with Crippen LogP contribution in [0.4, 0.5) is 0 Å². The molecular weight excluding hydrogens is 402 g/mol. The van der Waals surface area contributed by atoms with Gasteiger partial charge in [-0.15, -0.1) is 0 Å². The minimum Gasteiger partial charge on any atom is -0.357 e. The third-order valence-electron chi connectivity index (χ3n) is 5.20. The SMILES string of the molecule is CCCc1noc(-c2cccc(CN=C(NCC)N3CCS(=O)(=O)C(C)(C)C3)c2)n1. The van der Waals surface area contributed by atoms with Crippen LogP contribution in [0.5, 0.6) is 0 Å². The van der Waals surface area contributed by atoms with Crippen LogP contribution in [0.3, 0.4) is 0 Å². The number of guanidine groups is 1. The van der Waals surface area contributed by atoms with Gasteiger partial charge in [0.1, 0.15) is 0 Å². The van der Waals surface area contributed by atoms with E-state index in [0.717, 1.165) is 29.9 Å². The summed E-state index contributed by atoms with van der Waals surface area (Å²) in [6.45, 7) is 9.68. The van der Waals surface area contributed by atoms with Crippen molar-refractivity contribution in [2.24, 2.45) is 4.99 Å². The summed E-state index contributed by atoms with van der Waals surface area (Å²) in [4.78, 5) is 11.2. The number of aromatic nitrogens is 2. The van der Waals surface area contributed by atoms with Gasteiger partial charge < -0.3 is 14.7 Å². The third kappa shape index (κ3) is 5.00. The molecule has 0 bridgehead atoms. The molecule has 9 heteroatoms. The first-order chi connectivity index (χ1) is 14.3. The summed E-state index contributed by atoms with van der Waals surface area (Å²) in [7, 11) is -3.10. The Balaban J connectivity index is 1.76. The summed E-state index contributed by atoms with van der Waals surface area (Å²) in [6.07, 6.45) is 1.76. The number of nitrogens with one attached hydrogen (secondary N) is 1. The Labute approximate surface area is 178 Å². The maximum Gasteiger partial charge on any atom is 0.257 e. The molecule has 1 aliphatic rings. The monoisotopic (exact) mass is 433 g/mol. The summed E-state index contributed by atoms with van der Waals surface area (Å²) < 4.78 is 29.2. The smallest absolute Gasteiger partial charge is 0.257 e. The average Bonchev–Trinajstić information content (AvgIpc) is 3.17. The van der Waals surface area contributed by atoms with Crippen molar-refractivity contribution in [2.45, 2.75) is 51.8 Å². The van der Waals surface area contributed by atoms with Crippen LogP contribution < -0.4 is 5.32 Å². The lowest BCUT2D eigenvalue weighted by atomic mass is 10.1. The van der Waals surface area contributed by atoms with Crippen LogP contribution in [-0.2, 0) is 22.8 Å². The number of rotatable bonds is 6. The van der Waals surface area contributed by atoms with Crippen molar-refractivity contribution in [3.05, 3.63) is 35.7 Å². The normalized spacial score (nSPS) is 18.4. The molecule has 2 aromatic rings. The highest BCUT2D eigenvalue weighted by molar-refractivity contribution is 7.92. The van der Waals surface area contributed by atoms with Crippen LogP contribution in [0.2, 0.25) is 0 Å². The number of hydrogen-bond acceptors (Lipinski definition) is 6. The molecule has 0 spiro atoms. The van der Waals surface area contributed by atoms with Gasteiger partial charge in [-0.1, -0.05) is 24.2 Å². The molecule has 0 amide bonds. The molecule has 0 radical (unpaired) electrons. The molecule has 164 valence electrons. The van der Waals surface area contributed by atoms with Crippen molar-refractivity contribution in [3.8, 4) is 11.5 Å². The Kier molecular flexibility index (Phi) is 6.80. The molecule has 1 aromatic carbocycles. The number of aryl methyl sites for hydroxylation is 1. The highest BCUT2D eigenvalue weighted by Crippen LogP contribution is 2.24. The van der Waals surface area contributed by atoms with E-state index >= 15 is 0 Å². The molecule has 8 nitrogen and oxygen atoms in total. The predicted octanol–water partition coefficient (Wildman–Crippen LogP) is 2.66. The summed E-state index contributed by atoms with van der Waals surface area (Å²) >= 11 is 0. The van der Waals surface area contributed by atoms with Gasteiger partial charge in [-0.3, -0.25) is 0 Å². The van der Waals surface area contributed by atoms with E-state index in [1.807, 2.05) is 36.1 Å². The van der Waals surface area contributed by atoms with Crippen molar-refractivity contribution >= 4 is 15.8 Å². The highest BCUT2D eigenvalue weighted by Gasteiger charge is 2.40. The maximum atomic E-state index is 12.3. The van der Waals surface area contributed by atoms with Crippen molar-refractivity contribution < 1.29 is 12.9 Å². The van der Waals surface area contributed by atoms with Crippen LogP contribution in [0, 0.1) is 0 Å². The fraction of sp³-hybridized carbons (Fsp3) is 0.571. The van der Waals surface area contributed by atoms with Gasteiger partial charge in [0.25, 0.3) is 5.89 Å². The molecule has 2 heterocycles. The zero-order chi connectivity index (χ0) is 21.8. The molecular formula is C21H31N5O3S. The van der Waals surface area contributed by atoms with E-state index in [0.29, 0.717) is 37.9 Å². The Morgan fingerprint density at radius 2 is 2.13 bits per heavy atom. The first-order valence-electron chi connectivity index (χ1n) is 10.4. The molecule has 1 aromatic heterocycles. The Morgan fingerprint density at radius 3 is 2.83 bits per heavy atom. The van der Waals surface area contributed by atoms with E-state index in [2.05, 4.69) is 22.4 Å². The lowest BCUT2D eigenvalue weighted by molar-refractivity contribution is 0.353. The quantitative estimate of drug-likeness (QED) is 0.552. The zero-order valence-corrected chi connectivity index (χ0v) is 19.0. The average molecular weight is 434 g/mol. The summed E-state index contributed by atoms with van der Waals surface area (Å²) in [5.41, 5.74) is 1.88. The van der Waals surface area contributed by atoms with Gasteiger partial charge in [0.05, 0.1) is 17.0 Å². The van der Waals surface area contributed by atoms with Crippen molar-refractivity contribution in [3.63, 3.8) is 0 Å².